The van der Waals surface area contributed by atoms with Crippen LogP contribution in [-0.2, 0) is 52.7 Å². The summed E-state index contributed by atoms with van der Waals surface area (Å²) in [6.07, 6.45) is 1.31. The third-order valence-electron chi connectivity index (χ3n) is 12.4. The van der Waals surface area contributed by atoms with Crippen LogP contribution in [0.4, 0.5) is 0 Å². The molecule has 1 rings (SSSR count). The van der Waals surface area contributed by atoms with E-state index in [0.29, 0.717) is 19.3 Å². The van der Waals surface area contributed by atoms with Crippen molar-refractivity contribution in [3.63, 3.8) is 0 Å². The maximum atomic E-state index is 14.4. The zero-order valence-corrected chi connectivity index (χ0v) is 43.1. The van der Waals surface area contributed by atoms with Crippen molar-refractivity contribution in [1.82, 2.24) is 47.9 Å². The van der Waals surface area contributed by atoms with Gasteiger partial charge in [-0.1, -0.05) is 46.3 Å². The minimum Gasteiger partial charge on any atom is -0.391 e. The van der Waals surface area contributed by atoms with Crippen molar-refractivity contribution in [3.8, 4) is 0 Å². The third kappa shape index (κ3) is 20.3. The molecule has 0 aromatic carbocycles. The van der Waals surface area contributed by atoms with Crippen LogP contribution in [0.3, 0.4) is 0 Å². The molecule has 24 nitrogen and oxygen atoms in total. The summed E-state index contributed by atoms with van der Waals surface area (Å²) >= 11 is 0. The van der Waals surface area contributed by atoms with Crippen molar-refractivity contribution < 1.29 is 63.0 Å². The van der Waals surface area contributed by atoms with Gasteiger partial charge in [0.1, 0.15) is 59.2 Å². The molecule has 0 fully saturated rings. The summed E-state index contributed by atoms with van der Waals surface area (Å²) in [6.45, 7) is 14.6. The molecule has 0 unspecified atom stereocenters. The average molecular weight is 1010 g/mol. The number of carbonyl (C=O) groups excluding carboxylic acids is 11. The fraction of sp³-hybridized carbons (Fsp3) is 0.723. The molecule has 0 aromatic rings. The summed E-state index contributed by atoms with van der Waals surface area (Å²) in [5.74, 6) is -10.00. The number of nitrogens with one attached hydrogen (secondary N) is 9. The molecule has 0 radical (unpaired) electrons. The minimum atomic E-state index is -1.79. The van der Waals surface area contributed by atoms with E-state index in [1.54, 1.807) is 39.8 Å². The van der Waals surface area contributed by atoms with Crippen LogP contribution < -0.4 is 59.3 Å². The van der Waals surface area contributed by atoms with Crippen LogP contribution in [0.1, 0.15) is 133 Å². The number of primary amides is 1. The van der Waals surface area contributed by atoms with E-state index in [9.17, 15) is 63.0 Å². The zero-order valence-electron chi connectivity index (χ0n) is 43.1. The van der Waals surface area contributed by atoms with Gasteiger partial charge in [0.15, 0.2) is 0 Å². The van der Waals surface area contributed by atoms with E-state index in [2.05, 4.69) is 47.9 Å². The van der Waals surface area contributed by atoms with Crippen molar-refractivity contribution >= 4 is 64.9 Å². The molecule has 0 saturated heterocycles. The van der Waals surface area contributed by atoms with Crippen molar-refractivity contribution in [2.24, 2.45) is 23.3 Å². The van der Waals surface area contributed by atoms with Crippen LogP contribution in [0.5, 0.6) is 0 Å². The van der Waals surface area contributed by atoms with E-state index < -0.39 is 149 Å². The van der Waals surface area contributed by atoms with Gasteiger partial charge in [0.05, 0.1) is 12.2 Å². The molecular formula is C47H81N11O13. The average Bonchev–Trinajstić information content (AvgIpc) is 3.28. The van der Waals surface area contributed by atoms with Crippen molar-refractivity contribution in [2.75, 3.05) is 7.05 Å². The van der Waals surface area contributed by atoms with E-state index in [1.165, 1.54) is 48.6 Å². The van der Waals surface area contributed by atoms with Crippen molar-refractivity contribution in [1.29, 1.82) is 0 Å². The van der Waals surface area contributed by atoms with Gasteiger partial charge in [-0.3, -0.25) is 52.7 Å². The first-order chi connectivity index (χ1) is 32.9. The predicted molar refractivity (Wildman–Crippen MR) is 261 cm³/mol. The number of allylic oxidation sites excluding steroid dienone is 2. The Morgan fingerprint density at radius 3 is 1.87 bits per heavy atom. The molecular weight excluding hydrogens is 927 g/mol. The predicted octanol–water partition coefficient (Wildman–Crippen LogP) is -2.64. The van der Waals surface area contributed by atoms with Gasteiger partial charge in [-0.25, -0.2) is 0 Å². The molecule has 0 saturated carbocycles. The number of aliphatic hydroxyl groups excluding tert-OH is 2. The minimum absolute atomic E-state index is 0.0295. The second-order valence-corrected chi connectivity index (χ2v) is 19.3. The monoisotopic (exact) mass is 1010 g/mol. The highest BCUT2D eigenvalue weighted by molar-refractivity contribution is 6.01. The van der Waals surface area contributed by atoms with E-state index in [4.69, 9.17) is 11.5 Å². The Labute approximate surface area is 416 Å². The molecule has 0 bridgehead atoms. The number of rotatable bonds is 19. The van der Waals surface area contributed by atoms with Gasteiger partial charge in [0.2, 0.25) is 59.1 Å². The molecule has 1 aliphatic rings. The molecule has 0 aromatic heterocycles. The molecule has 0 spiro atoms. The second kappa shape index (κ2) is 29.4. The van der Waals surface area contributed by atoms with Crippen LogP contribution >= 0.6 is 0 Å². The number of hydrogen-bond acceptors (Lipinski definition) is 14. The van der Waals surface area contributed by atoms with Crippen molar-refractivity contribution in [2.45, 2.75) is 199 Å². The van der Waals surface area contributed by atoms with Crippen LogP contribution in [0.25, 0.3) is 0 Å². The molecule has 1 aliphatic heterocycles. The van der Waals surface area contributed by atoms with E-state index in [1.807, 2.05) is 0 Å². The Morgan fingerprint density at radius 1 is 0.775 bits per heavy atom. The Hall–Kier alpha value is -6.01. The van der Waals surface area contributed by atoms with Crippen LogP contribution in [-0.4, -0.2) is 148 Å². The van der Waals surface area contributed by atoms with E-state index in [-0.39, 0.29) is 38.5 Å². The number of aliphatic hydroxyl groups is 2. The normalized spacial score (nSPS) is 25.5. The second-order valence-electron chi connectivity index (χ2n) is 19.3. The lowest BCUT2D eigenvalue weighted by atomic mass is 9.90. The molecule has 1 heterocycles. The van der Waals surface area contributed by atoms with Gasteiger partial charge in [-0.2, -0.15) is 0 Å². The van der Waals surface area contributed by atoms with Gasteiger partial charge in [0, 0.05) is 19.9 Å². The SMILES string of the molecule is CC[C@H](C)[C@@H]1NC(=O)[C@H](C)NC(=O)[C@@](C)(NC(=O)[C@H](CCC(N)=O)NC(=O)[C@H](N)[C@@H](C)O)CCC/C=C/CCC[C@@](C)(C(=O)N[C@H](C(=O)N[C@H](C(=O)NC)[C@@H](C)O)C(C)C)NC(=O)[C@H](CC(C)=O)NC1=O. The van der Waals surface area contributed by atoms with Crippen LogP contribution in [0.2, 0.25) is 0 Å². The fourth-order valence-electron chi connectivity index (χ4n) is 7.41. The van der Waals surface area contributed by atoms with Crippen LogP contribution in [0.15, 0.2) is 12.2 Å². The number of hydrogen-bond donors (Lipinski definition) is 13. The van der Waals surface area contributed by atoms with Gasteiger partial charge >= 0.3 is 0 Å². The van der Waals surface area contributed by atoms with E-state index in [0.717, 1.165) is 0 Å². The van der Waals surface area contributed by atoms with Crippen LogP contribution in [0, 0.1) is 11.8 Å². The number of ketones is 1. The summed E-state index contributed by atoms with van der Waals surface area (Å²) in [5.41, 5.74) is 7.57. The molecule has 402 valence electrons. The lowest BCUT2D eigenvalue weighted by Gasteiger charge is -2.34. The Kier molecular flexibility index (Phi) is 26.1. The first-order valence-electron chi connectivity index (χ1n) is 24.2. The standard InChI is InChI=1S/C47H81N11O13/c1-12-25(4)35-43(69)53-31(23-26(5)59)39(65)58-47(10,45(71)56-34(24(2)3)42(68)55-36(29(8)61)41(67)50-11)22-18-16-14-13-15-17-21-46(9,44(70)51-27(6)37(63)54-35)57-38(64)30(19-20-32(48)62)52-40(66)33(49)28(7)60/h13-14,24-25,27-31,33-36,60-61H,12,15-23,49H2,1-11H3,(H2,48,62)(H,50,67)(H,51,70)(H,52,66)(H,53,69)(H,54,63)(H,55,68)(H,56,71)(H,57,64)(H,58,65)/b14-13+/t25-,27-,28+,29+,30-,31-,33+,34-,35-,36-,46-,47-/m0/s1. The summed E-state index contributed by atoms with van der Waals surface area (Å²) in [4.78, 5) is 148. The molecule has 71 heavy (non-hydrogen) atoms. The Bertz CT molecular complexity index is 1950. The fourth-order valence-corrected chi connectivity index (χ4v) is 7.41. The lowest BCUT2D eigenvalue weighted by Crippen LogP contribution is -2.65. The van der Waals surface area contributed by atoms with Gasteiger partial charge < -0.3 is 69.5 Å². The largest absolute Gasteiger partial charge is 0.391 e. The smallest absolute Gasteiger partial charge is 0.246 e. The molecule has 10 amide bonds. The summed E-state index contributed by atoms with van der Waals surface area (Å²) < 4.78 is 0. The first-order valence-corrected chi connectivity index (χ1v) is 24.2. The summed E-state index contributed by atoms with van der Waals surface area (Å²) in [5, 5.41) is 43.2. The number of likely N-dealkylation sites (N-methyl/N-ethyl adjacent to an activating group) is 1. The molecule has 12 atom stereocenters. The topological polar surface area (TPSA) is 389 Å². The zero-order chi connectivity index (χ0) is 54.6. The molecule has 24 heteroatoms. The number of carbonyl (C=O) groups is 11. The molecule has 0 aliphatic carbocycles. The maximum Gasteiger partial charge on any atom is 0.246 e. The van der Waals surface area contributed by atoms with E-state index >= 15 is 0 Å². The summed E-state index contributed by atoms with van der Waals surface area (Å²) in [7, 11) is 1.33. The highest BCUT2D eigenvalue weighted by Gasteiger charge is 2.42. The number of Topliss-reactive ketones (excluding diaryl/α,β-unsaturated/α-hetero) is 1. The summed E-state index contributed by atoms with van der Waals surface area (Å²) in [6, 6.07) is -9.73. The van der Waals surface area contributed by atoms with Gasteiger partial charge in [0.25, 0.3) is 0 Å². The third-order valence-corrected chi connectivity index (χ3v) is 12.4. The Morgan fingerprint density at radius 2 is 1.37 bits per heavy atom. The lowest BCUT2D eigenvalue weighted by molar-refractivity contribution is -0.139. The first kappa shape index (κ1) is 63.0. The van der Waals surface area contributed by atoms with Crippen molar-refractivity contribution in [3.05, 3.63) is 12.2 Å². The highest BCUT2D eigenvalue weighted by Crippen LogP contribution is 2.20. The number of amides is 10. The Balaban J connectivity index is 3.81. The maximum absolute atomic E-state index is 14.4. The van der Waals surface area contributed by atoms with Gasteiger partial charge in [-0.05, 0) is 98.3 Å². The quantitative estimate of drug-likeness (QED) is 0.0589. The molecule has 15 N–H and O–H groups in total. The number of nitrogens with two attached hydrogens (primary N) is 2. The highest BCUT2D eigenvalue weighted by atomic mass is 16.3. The van der Waals surface area contributed by atoms with Gasteiger partial charge in [-0.15, -0.1) is 0 Å².